The van der Waals surface area contributed by atoms with Crippen LogP contribution in [0.5, 0.6) is 5.75 Å². The zero-order valence-corrected chi connectivity index (χ0v) is 13.8. The Labute approximate surface area is 138 Å². The van der Waals surface area contributed by atoms with Gasteiger partial charge in [0.2, 0.25) is 5.13 Å². The number of carbonyl (C=O) groups excluding carboxylic acids is 1. The number of ether oxygens (including phenoxy) is 2. The topological polar surface area (TPSA) is 73.3 Å². The molecule has 1 fully saturated rings. The number of aryl methyl sites for hydroxylation is 1. The van der Waals surface area contributed by atoms with Crippen molar-refractivity contribution in [3.63, 3.8) is 0 Å². The molecule has 0 bridgehead atoms. The van der Waals surface area contributed by atoms with E-state index in [4.69, 9.17) is 9.47 Å². The van der Waals surface area contributed by atoms with Crippen LogP contribution in [-0.2, 0) is 11.2 Å². The molecule has 1 aliphatic heterocycles. The van der Waals surface area contributed by atoms with Crippen LogP contribution in [-0.4, -0.2) is 35.4 Å². The minimum absolute atomic E-state index is 0.112. The van der Waals surface area contributed by atoms with Gasteiger partial charge in [0.1, 0.15) is 17.4 Å². The van der Waals surface area contributed by atoms with Gasteiger partial charge in [-0.1, -0.05) is 30.4 Å². The van der Waals surface area contributed by atoms with Gasteiger partial charge >= 0.3 is 0 Å². The van der Waals surface area contributed by atoms with Gasteiger partial charge in [0.25, 0.3) is 5.91 Å². The molecule has 0 radical (unpaired) electrons. The Morgan fingerprint density at radius 3 is 3.04 bits per heavy atom. The minimum atomic E-state index is -0.244. The third-order valence-electron chi connectivity index (χ3n) is 3.57. The van der Waals surface area contributed by atoms with Crippen molar-refractivity contribution in [3.05, 3.63) is 34.8 Å². The van der Waals surface area contributed by atoms with E-state index in [2.05, 4.69) is 15.5 Å². The normalized spacial score (nSPS) is 17.2. The van der Waals surface area contributed by atoms with Crippen LogP contribution in [0.3, 0.4) is 0 Å². The Morgan fingerprint density at radius 2 is 2.30 bits per heavy atom. The molecule has 0 unspecified atom stereocenters. The van der Waals surface area contributed by atoms with Gasteiger partial charge in [0.15, 0.2) is 0 Å². The van der Waals surface area contributed by atoms with E-state index in [0.29, 0.717) is 23.1 Å². The van der Waals surface area contributed by atoms with E-state index in [9.17, 15) is 4.79 Å². The second-order valence-corrected chi connectivity index (χ2v) is 6.31. The van der Waals surface area contributed by atoms with Crippen molar-refractivity contribution in [2.24, 2.45) is 0 Å². The smallest absolute Gasteiger partial charge is 0.261 e. The summed E-state index contributed by atoms with van der Waals surface area (Å²) >= 11 is 1.38. The second-order valence-electron chi connectivity index (χ2n) is 5.25. The van der Waals surface area contributed by atoms with Crippen molar-refractivity contribution < 1.29 is 14.3 Å². The largest absolute Gasteiger partial charge is 0.490 e. The van der Waals surface area contributed by atoms with E-state index < -0.39 is 0 Å². The van der Waals surface area contributed by atoms with Gasteiger partial charge in [-0.05, 0) is 31.4 Å². The first-order valence-electron chi connectivity index (χ1n) is 7.73. The molecule has 23 heavy (non-hydrogen) atoms. The van der Waals surface area contributed by atoms with Gasteiger partial charge in [0.05, 0.1) is 11.7 Å². The molecule has 1 aromatic carbocycles. The van der Waals surface area contributed by atoms with E-state index in [0.717, 1.165) is 30.9 Å². The summed E-state index contributed by atoms with van der Waals surface area (Å²) in [4.78, 5) is 12.4. The number of anilines is 1. The number of benzene rings is 1. The van der Waals surface area contributed by atoms with E-state index in [1.165, 1.54) is 11.3 Å². The zero-order valence-electron chi connectivity index (χ0n) is 12.9. The average Bonchev–Trinajstić information content (AvgIpc) is 3.24. The molecule has 1 aliphatic rings. The van der Waals surface area contributed by atoms with Crippen LogP contribution in [0.1, 0.15) is 35.1 Å². The number of rotatable bonds is 6. The first-order chi connectivity index (χ1) is 11.3. The molecule has 0 saturated carbocycles. The molecule has 1 amide bonds. The molecule has 0 aliphatic carbocycles. The summed E-state index contributed by atoms with van der Waals surface area (Å²) in [5.41, 5.74) is 0.485. The third-order valence-corrected chi connectivity index (χ3v) is 4.55. The molecular weight excluding hydrogens is 314 g/mol. The van der Waals surface area contributed by atoms with Crippen LogP contribution >= 0.6 is 11.3 Å². The summed E-state index contributed by atoms with van der Waals surface area (Å²) in [5, 5.41) is 12.1. The predicted molar refractivity (Wildman–Crippen MR) is 88.2 cm³/mol. The molecule has 1 N–H and O–H groups in total. The summed E-state index contributed by atoms with van der Waals surface area (Å²) in [6, 6.07) is 7.19. The van der Waals surface area contributed by atoms with Crippen LogP contribution in [0.15, 0.2) is 24.3 Å². The highest BCUT2D eigenvalue weighted by Gasteiger charge is 2.19. The highest BCUT2D eigenvalue weighted by molar-refractivity contribution is 7.15. The number of nitrogens with zero attached hydrogens (tertiary/aromatic N) is 2. The molecule has 1 saturated heterocycles. The quantitative estimate of drug-likeness (QED) is 0.880. The highest BCUT2D eigenvalue weighted by atomic mass is 32.1. The van der Waals surface area contributed by atoms with Crippen molar-refractivity contribution in [2.75, 3.05) is 18.5 Å². The maximum Gasteiger partial charge on any atom is 0.261 e. The number of hydrogen-bond acceptors (Lipinski definition) is 6. The number of para-hydroxylation sites is 1. The molecule has 0 spiro atoms. The fourth-order valence-corrected chi connectivity index (χ4v) is 3.02. The first-order valence-corrected chi connectivity index (χ1v) is 8.55. The third kappa shape index (κ3) is 4.05. The fourth-order valence-electron chi connectivity index (χ4n) is 2.35. The lowest BCUT2D eigenvalue weighted by molar-refractivity contribution is 0.0673. The van der Waals surface area contributed by atoms with E-state index >= 15 is 0 Å². The Kier molecular flexibility index (Phi) is 5.19. The van der Waals surface area contributed by atoms with Gasteiger partial charge in [-0.25, -0.2) is 0 Å². The van der Waals surface area contributed by atoms with E-state index in [1.807, 2.05) is 19.1 Å². The van der Waals surface area contributed by atoms with Crippen LogP contribution < -0.4 is 10.1 Å². The summed E-state index contributed by atoms with van der Waals surface area (Å²) in [6.07, 6.45) is 2.97. The molecule has 2 heterocycles. The van der Waals surface area contributed by atoms with Crippen molar-refractivity contribution in [1.29, 1.82) is 0 Å². The molecule has 2 aromatic rings. The lowest BCUT2D eigenvalue weighted by atomic mass is 10.2. The first kappa shape index (κ1) is 15.9. The van der Waals surface area contributed by atoms with Crippen molar-refractivity contribution >= 4 is 22.4 Å². The molecule has 1 atom stereocenters. The standard InChI is InChI=1S/C16H19N3O3S/c1-2-14-18-19-16(23-14)17-15(20)12-7-3-4-8-13(12)22-10-11-6-5-9-21-11/h3-4,7-8,11H,2,5-6,9-10H2,1H3,(H,17,19,20)/t11-/m0/s1. The van der Waals surface area contributed by atoms with Gasteiger partial charge in [0, 0.05) is 6.61 Å². The minimum Gasteiger partial charge on any atom is -0.490 e. The number of carbonyl (C=O) groups is 1. The molecule has 3 rings (SSSR count). The van der Waals surface area contributed by atoms with Crippen molar-refractivity contribution in [3.8, 4) is 5.75 Å². The van der Waals surface area contributed by atoms with Gasteiger partial charge in [-0.2, -0.15) is 0 Å². The summed E-state index contributed by atoms with van der Waals surface area (Å²) in [5.74, 6) is 0.312. The maximum atomic E-state index is 12.4. The van der Waals surface area contributed by atoms with Gasteiger partial charge in [-0.15, -0.1) is 10.2 Å². The van der Waals surface area contributed by atoms with E-state index in [-0.39, 0.29) is 12.0 Å². The van der Waals surface area contributed by atoms with Crippen LogP contribution in [0.4, 0.5) is 5.13 Å². The van der Waals surface area contributed by atoms with Crippen LogP contribution in [0.25, 0.3) is 0 Å². The maximum absolute atomic E-state index is 12.4. The van der Waals surface area contributed by atoms with Crippen LogP contribution in [0.2, 0.25) is 0 Å². The average molecular weight is 333 g/mol. The lowest BCUT2D eigenvalue weighted by Gasteiger charge is -2.14. The van der Waals surface area contributed by atoms with Crippen molar-refractivity contribution in [2.45, 2.75) is 32.3 Å². The summed E-state index contributed by atoms with van der Waals surface area (Å²) in [6.45, 7) is 3.25. The predicted octanol–water partition coefficient (Wildman–Crippen LogP) is 2.91. The Morgan fingerprint density at radius 1 is 1.43 bits per heavy atom. The van der Waals surface area contributed by atoms with Gasteiger partial charge in [-0.3, -0.25) is 10.1 Å². The zero-order chi connectivity index (χ0) is 16.1. The lowest BCUT2D eigenvalue weighted by Crippen LogP contribution is -2.19. The molecule has 6 nitrogen and oxygen atoms in total. The van der Waals surface area contributed by atoms with Crippen LogP contribution in [0, 0.1) is 0 Å². The molecule has 1 aromatic heterocycles. The fraction of sp³-hybridized carbons (Fsp3) is 0.438. The number of hydrogen-bond donors (Lipinski definition) is 1. The second kappa shape index (κ2) is 7.52. The number of aromatic nitrogens is 2. The Hall–Kier alpha value is -1.99. The van der Waals surface area contributed by atoms with E-state index in [1.54, 1.807) is 12.1 Å². The SMILES string of the molecule is CCc1nnc(NC(=O)c2ccccc2OC[C@@H]2CCCO2)s1. The monoisotopic (exact) mass is 333 g/mol. The highest BCUT2D eigenvalue weighted by Crippen LogP contribution is 2.23. The number of amides is 1. The molecular formula is C16H19N3O3S. The molecule has 122 valence electrons. The summed E-state index contributed by atoms with van der Waals surface area (Å²) in [7, 11) is 0. The number of nitrogens with one attached hydrogen (secondary N) is 1. The Bertz CT molecular complexity index is 668. The molecule has 7 heteroatoms. The Balaban J connectivity index is 1.66. The van der Waals surface area contributed by atoms with Gasteiger partial charge < -0.3 is 9.47 Å². The van der Waals surface area contributed by atoms with Crippen molar-refractivity contribution in [1.82, 2.24) is 10.2 Å². The summed E-state index contributed by atoms with van der Waals surface area (Å²) < 4.78 is 11.3.